The normalized spacial score (nSPS) is 19.4. The van der Waals surface area contributed by atoms with Gasteiger partial charge in [0.05, 0.1) is 17.8 Å². The minimum absolute atomic E-state index is 0.138. The third-order valence-electron chi connectivity index (χ3n) is 4.60. The Bertz CT molecular complexity index is 937. The number of anilines is 1. The van der Waals surface area contributed by atoms with Gasteiger partial charge >= 0.3 is 6.03 Å². The first kappa shape index (κ1) is 16.3. The van der Waals surface area contributed by atoms with Crippen LogP contribution in [-0.4, -0.2) is 28.2 Å². The molecular weight excluding hydrogens is 330 g/mol. The van der Waals surface area contributed by atoms with Crippen molar-refractivity contribution in [3.8, 4) is 0 Å². The van der Waals surface area contributed by atoms with E-state index in [0.717, 1.165) is 22.9 Å². The van der Waals surface area contributed by atoms with Crippen LogP contribution in [0.15, 0.2) is 54.7 Å². The second kappa shape index (κ2) is 6.97. The summed E-state index contributed by atoms with van der Waals surface area (Å²) in [5.41, 5.74) is 2.64. The summed E-state index contributed by atoms with van der Waals surface area (Å²) in [5.74, 6) is -0.315. The molecule has 3 amide bonds. The van der Waals surface area contributed by atoms with E-state index in [4.69, 9.17) is 0 Å². The van der Waals surface area contributed by atoms with Gasteiger partial charge in [-0.3, -0.25) is 20.5 Å². The first-order chi connectivity index (χ1) is 12.7. The third-order valence-corrected chi connectivity index (χ3v) is 4.60. The molecule has 1 saturated heterocycles. The van der Waals surface area contributed by atoms with Gasteiger partial charge in [-0.25, -0.2) is 4.79 Å². The minimum atomic E-state index is -0.539. The smallest absolute Gasteiger partial charge is 0.308 e. The Balaban J connectivity index is 1.33. The largest absolute Gasteiger partial charge is 0.325 e. The number of imide groups is 1. The molecule has 4 rings (SSSR count). The van der Waals surface area contributed by atoms with E-state index in [9.17, 15) is 9.59 Å². The molecule has 1 aliphatic heterocycles. The molecule has 0 bridgehead atoms. The fourth-order valence-corrected chi connectivity index (χ4v) is 3.28. The molecule has 2 aromatic carbocycles. The maximum absolute atomic E-state index is 12.3. The predicted octanol–water partition coefficient (Wildman–Crippen LogP) is 2.70. The average molecular weight is 349 g/mol. The van der Waals surface area contributed by atoms with Crippen molar-refractivity contribution >= 4 is 28.5 Å². The number of amides is 3. The highest BCUT2D eigenvalue weighted by molar-refractivity contribution is 6.03. The molecule has 0 saturated carbocycles. The number of benzene rings is 2. The van der Waals surface area contributed by atoms with Crippen LogP contribution in [0.2, 0.25) is 0 Å². The Morgan fingerprint density at radius 2 is 1.92 bits per heavy atom. The second-order valence-electron chi connectivity index (χ2n) is 6.38. The maximum atomic E-state index is 12.3. The number of rotatable bonds is 3. The van der Waals surface area contributed by atoms with E-state index in [0.29, 0.717) is 12.1 Å². The summed E-state index contributed by atoms with van der Waals surface area (Å²) in [6.45, 7) is 0. The van der Waals surface area contributed by atoms with Crippen molar-refractivity contribution in [2.24, 2.45) is 0 Å². The fraction of sp³-hybridized carbons (Fsp3) is 0.211. The predicted molar refractivity (Wildman–Crippen MR) is 98.6 cm³/mol. The third kappa shape index (κ3) is 3.43. The first-order valence-electron chi connectivity index (χ1n) is 8.55. The molecule has 0 aliphatic carbocycles. The number of nitrogens with zero attached hydrogens (tertiary/aromatic N) is 1. The van der Waals surface area contributed by atoms with Crippen LogP contribution in [0, 0.1) is 0 Å². The van der Waals surface area contributed by atoms with Crippen LogP contribution in [0.4, 0.5) is 10.5 Å². The van der Waals surface area contributed by atoms with Gasteiger partial charge < -0.3 is 5.32 Å². The van der Waals surface area contributed by atoms with Gasteiger partial charge in [-0.2, -0.15) is 5.10 Å². The lowest BCUT2D eigenvalue weighted by molar-refractivity contribution is -0.121. The number of aromatic nitrogens is 2. The minimum Gasteiger partial charge on any atom is -0.308 e. The molecule has 2 atom stereocenters. The molecule has 26 heavy (non-hydrogen) atoms. The molecule has 2 heterocycles. The van der Waals surface area contributed by atoms with Gasteiger partial charge in [0.25, 0.3) is 0 Å². The zero-order valence-electron chi connectivity index (χ0n) is 14.0. The van der Waals surface area contributed by atoms with Crippen molar-refractivity contribution in [2.75, 3.05) is 5.32 Å². The average Bonchev–Trinajstić information content (AvgIpc) is 3.31. The maximum Gasteiger partial charge on any atom is 0.325 e. The molecule has 0 spiro atoms. The number of H-pyrrole nitrogens is 1. The number of hydrogen-bond acceptors (Lipinski definition) is 4. The number of urea groups is 1. The van der Waals surface area contributed by atoms with E-state index in [2.05, 4.69) is 26.1 Å². The Labute approximate surface area is 150 Å². The summed E-state index contributed by atoms with van der Waals surface area (Å²) in [6.07, 6.45) is 3.23. The van der Waals surface area contributed by atoms with Crippen LogP contribution in [0.3, 0.4) is 0 Å². The number of fused-ring (bicyclic) bond motifs is 1. The molecule has 7 nitrogen and oxygen atoms in total. The van der Waals surface area contributed by atoms with E-state index in [1.807, 2.05) is 36.4 Å². The van der Waals surface area contributed by atoms with Crippen LogP contribution in [0.25, 0.3) is 10.9 Å². The van der Waals surface area contributed by atoms with Gasteiger partial charge in [0.2, 0.25) is 5.91 Å². The van der Waals surface area contributed by atoms with Gasteiger partial charge in [0.1, 0.15) is 0 Å². The number of carbonyl (C=O) groups excluding carboxylic acids is 2. The van der Waals surface area contributed by atoms with Gasteiger partial charge in [0, 0.05) is 17.1 Å². The van der Waals surface area contributed by atoms with E-state index in [-0.39, 0.29) is 18.0 Å². The number of nitrogens with one attached hydrogen (secondary N) is 4. The molecule has 0 unspecified atom stereocenters. The standard InChI is InChI=1S/C19H19N5O2/c25-18(17-9-8-15(22-17)12-4-2-1-3-5-12)23-19(26)21-14-6-7-16-13(10-14)11-20-24-16/h1-7,10-11,15,17,22H,8-9H2,(H,20,24)(H2,21,23,25,26)/t15-,17+/m1/s1. The first-order valence-corrected chi connectivity index (χ1v) is 8.55. The lowest BCUT2D eigenvalue weighted by Crippen LogP contribution is -2.45. The van der Waals surface area contributed by atoms with E-state index >= 15 is 0 Å². The number of aromatic amines is 1. The van der Waals surface area contributed by atoms with Crippen LogP contribution in [0.5, 0.6) is 0 Å². The highest BCUT2D eigenvalue weighted by Gasteiger charge is 2.30. The Morgan fingerprint density at radius 1 is 1.08 bits per heavy atom. The topological polar surface area (TPSA) is 98.9 Å². The van der Waals surface area contributed by atoms with E-state index < -0.39 is 6.03 Å². The molecular formula is C19H19N5O2. The van der Waals surface area contributed by atoms with Crippen molar-refractivity contribution in [3.63, 3.8) is 0 Å². The Kier molecular flexibility index (Phi) is 4.37. The highest BCUT2D eigenvalue weighted by Crippen LogP contribution is 2.26. The Morgan fingerprint density at radius 3 is 2.77 bits per heavy atom. The monoisotopic (exact) mass is 349 g/mol. The van der Waals surface area contributed by atoms with E-state index in [1.54, 1.807) is 18.3 Å². The lowest BCUT2D eigenvalue weighted by Gasteiger charge is -2.14. The highest BCUT2D eigenvalue weighted by atomic mass is 16.2. The number of hydrogen-bond donors (Lipinski definition) is 4. The summed E-state index contributed by atoms with van der Waals surface area (Å²) < 4.78 is 0. The van der Waals surface area contributed by atoms with Crippen LogP contribution in [-0.2, 0) is 4.79 Å². The SMILES string of the molecule is O=C(NC(=O)[C@@H]1CC[C@H](c2ccccc2)N1)Nc1ccc2[nH]ncc2c1. The van der Waals surface area contributed by atoms with Gasteiger partial charge in [-0.1, -0.05) is 30.3 Å². The van der Waals surface area contributed by atoms with Crippen LogP contribution < -0.4 is 16.0 Å². The molecule has 0 radical (unpaired) electrons. The quantitative estimate of drug-likeness (QED) is 0.584. The molecule has 7 heteroatoms. The van der Waals surface area contributed by atoms with E-state index in [1.165, 1.54) is 0 Å². The van der Waals surface area contributed by atoms with Crippen LogP contribution in [0.1, 0.15) is 24.4 Å². The Hall–Kier alpha value is -3.19. The molecule has 1 fully saturated rings. The molecule has 3 aromatic rings. The molecule has 1 aromatic heterocycles. The van der Waals surface area contributed by atoms with Crippen molar-refractivity contribution in [1.29, 1.82) is 0 Å². The molecule has 1 aliphatic rings. The van der Waals surface area contributed by atoms with Gasteiger partial charge in [-0.15, -0.1) is 0 Å². The number of carbonyl (C=O) groups is 2. The molecule has 4 N–H and O–H groups in total. The zero-order chi connectivity index (χ0) is 17.9. The second-order valence-corrected chi connectivity index (χ2v) is 6.38. The summed E-state index contributed by atoms with van der Waals surface area (Å²) in [5, 5.41) is 16.1. The van der Waals surface area contributed by atoms with Crippen LogP contribution >= 0.6 is 0 Å². The molecule has 132 valence electrons. The van der Waals surface area contributed by atoms with Crippen molar-refractivity contribution in [2.45, 2.75) is 24.9 Å². The van der Waals surface area contributed by atoms with Crippen molar-refractivity contribution in [3.05, 3.63) is 60.3 Å². The van der Waals surface area contributed by atoms with Crippen molar-refractivity contribution in [1.82, 2.24) is 20.8 Å². The summed E-state index contributed by atoms with van der Waals surface area (Å²) in [6, 6.07) is 14.6. The van der Waals surface area contributed by atoms with Gasteiger partial charge in [-0.05, 0) is 36.6 Å². The fourth-order valence-electron chi connectivity index (χ4n) is 3.28. The van der Waals surface area contributed by atoms with Crippen molar-refractivity contribution < 1.29 is 9.59 Å². The van der Waals surface area contributed by atoms with Gasteiger partial charge in [0.15, 0.2) is 0 Å². The summed E-state index contributed by atoms with van der Waals surface area (Å²) >= 11 is 0. The summed E-state index contributed by atoms with van der Waals surface area (Å²) in [7, 11) is 0. The zero-order valence-corrected chi connectivity index (χ0v) is 14.0. The lowest BCUT2D eigenvalue weighted by atomic mass is 10.1. The summed E-state index contributed by atoms with van der Waals surface area (Å²) in [4.78, 5) is 24.5.